The number of esters is 1. The van der Waals surface area contributed by atoms with Gasteiger partial charge in [0.1, 0.15) is 0 Å². The molecule has 0 aliphatic heterocycles. The third-order valence-corrected chi connectivity index (χ3v) is 1.97. The summed E-state index contributed by atoms with van der Waals surface area (Å²) in [4.78, 5) is 11.2. The van der Waals surface area contributed by atoms with Crippen molar-refractivity contribution in [3.8, 4) is 5.75 Å². The predicted molar refractivity (Wildman–Crippen MR) is 61.0 cm³/mol. The highest BCUT2D eigenvalue weighted by molar-refractivity contribution is 5.71. The quantitative estimate of drug-likeness (QED) is 0.796. The van der Waals surface area contributed by atoms with Crippen molar-refractivity contribution >= 4 is 5.97 Å². The van der Waals surface area contributed by atoms with Gasteiger partial charge in [0.2, 0.25) is 0 Å². The largest absolute Gasteiger partial charge is 0.478 e. The molecule has 0 amide bonds. The Morgan fingerprint density at radius 2 is 2.18 bits per heavy atom. The first kappa shape index (κ1) is 13.4. The lowest BCUT2D eigenvalue weighted by atomic mass is 10.2. The highest BCUT2D eigenvalue weighted by Gasteiger charge is 2.12. The van der Waals surface area contributed by atoms with Crippen molar-refractivity contribution in [2.75, 3.05) is 6.61 Å². The van der Waals surface area contributed by atoms with Crippen LogP contribution in [0.5, 0.6) is 5.75 Å². The maximum atomic E-state index is 13.4. The summed E-state index contributed by atoms with van der Waals surface area (Å²) >= 11 is 0. The number of hydrogen-bond donors (Lipinski definition) is 1. The van der Waals surface area contributed by atoms with Crippen molar-refractivity contribution in [3.05, 3.63) is 29.6 Å². The SMILES string of the molecule is CC(C)OC(=O)COc1c(F)cccc1CN. The first-order valence-corrected chi connectivity index (χ1v) is 5.34. The van der Waals surface area contributed by atoms with E-state index in [1.807, 2.05) is 0 Å². The van der Waals surface area contributed by atoms with Crippen molar-refractivity contribution in [2.45, 2.75) is 26.5 Å². The van der Waals surface area contributed by atoms with Gasteiger partial charge in [-0.2, -0.15) is 0 Å². The maximum Gasteiger partial charge on any atom is 0.344 e. The molecule has 4 nitrogen and oxygen atoms in total. The molecule has 0 aliphatic rings. The Balaban J connectivity index is 2.65. The van der Waals surface area contributed by atoms with Crippen molar-refractivity contribution in [3.63, 3.8) is 0 Å². The van der Waals surface area contributed by atoms with Crippen molar-refractivity contribution in [1.82, 2.24) is 0 Å². The fourth-order valence-corrected chi connectivity index (χ4v) is 1.30. The average molecular weight is 241 g/mol. The molecule has 0 spiro atoms. The van der Waals surface area contributed by atoms with E-state index in [9.17, 15) is 9.18 Å². The third-order valence-electron chi connectivity index (χ3n) is 1.97. The zero-order valence-electron chi connectivity index (χ0n) is 9.90. The van der Waals surface area contributed by atoms with Crippen LogP contribution in [-0.2, 0) is 16.1 Å². The average Bonchev–Trinajstić information content (AvgIpc) is 2.26. The lowest BCUT2D eigenvalue weighted by Crippen LogP contribution is -2.19. The van der Waals surface area contributed by atoms with E-state index in [1.54, 1.807) is 19.9 Å². The zero-order chi connectivity index (χ0) is 12.8. The Morgan fingerprint density at radius 3 is 2.76 bits per heavy atom. The third kappa shape index (κ3) is 4.03. The minimum Gasteiger partial charge on any atom is -0.478 e. The van der Waals surface area contributed by atoms with Crippen LogP contribution < -0.4 is 10.5 Å². The zero-order valence-corrected chi connectivity index (χ0v) is 9.90. The van der Waals surface area contributed by atoms with E-state index in [4.69, 9.17) is 15.2 Å². The second kappa shape index (κ2) is 6.20. The van der Waals surface area contributed by atoms with Gasteiger partial charge in [0.15, 0.2) is 18.2 Å². The Bertz CT molecular complexity index is 393. The van der Waals surface area contributed by atoms with E-state index >= 15 is 0 Å². The number of ether oxygens (including phenoxy) is 2. The van der Waals surface area contributed by atoms with Gasteiger partial charge >= 0.3 is 5.97 Å². The molecule has 0 saturated carbocycles. The normalized spacial score (nSPS) is 10.4. The van der Waals surface area contributed by atoms with Crippen LogP contribution in [0, 0.1) is 5.82 Å². The van der Waals surface area contributed by atoms with Crippen LogP contribution in [0.25, 0.3) is 0 Å². The second-order valence-corrected chi connectivity index (χ2v) is 3.76. The van der Waals surface area contributed by atoms with Gasteiger partial charge in [0.25, 0.3) is 0 Å². The van der Waals surface area contributed by atoms with Gasteiger partial charge < -0.3 is 15.2 Å². The fraction of sp³-hybridized carbons (Fsp3) is 0.417. The molecule has 0 fully saturated rings. The summed E-state index contributed by atoms with van der Waals surface area (Å²) < 4.78 is 23.4. The molecule has 1 aromatic rings. The number of carbonyl (C=O) groups excluding carboxylic acids is 1. The smallest absolute Gasteiger partial charge is 0.344 e. The molecule has 1 rings (SSSR count). The van der Waals surface area contributed by atoms with Gasteiger partial charge in [-0.1, -0.05) is 12.1 Å². The van der Waals surface area contributed by atoms with Crippen molar-refractivity contribution in [1.29, 1.82) is 0 Å². The summed E-state index contributed by atoms with van der Waals surface area (Å²) in [5.74, 6) is -1.06. The van der Waals surface area contributed by atoms with Gasteiger partial charge in [-0.05, 0) is 19.9 Å². The Labute approximate surface area is 99.5 Å². The van der Waals surface area contributed by atoms with Gasteiger partial charge in [-0.15, -0.1) is 0 Å². The molecule has 0 saturated heterocycles. The highest BCUT2D eigenvalue weighted by Crippen LogP contribution is 2.22. The second-order valence-electron chi connectivity index (χ2n) is 3.76. The van der Waals surface area contributed by atoms with Crippen LogP contribution in [0.1, 0.15) is 19.4 Å². The number of para-hydroxylation sites is 1. The van der Waals surface area contributed by atoms with Crippen molar-refractivity contribution in [2.24, 2.45) is 5.73 Å². The molecule has 17 heavy (non-hydrogen) atoms. The Morgan fingerprint density at radius 1 is 1.47 bits per heavy atom. The van der Waals surface area contributed by atoms with Gasteiger partial charge in [-0.3, -0.25) is 0 Å². The number of rotatable bonds is 5. The van der Waals surface area contributed by atoms with Crippen LogP contribution in [0.3, 0.4) is 0 Å². The topological polar surface area (TPSA) is 61.5 Å². The number of halogens is 1. The molecule has 1 aromatic carbocycles. The molecule has 0 unspecified atom stereocenters. The minimum absolute atomic E-state index is 0.00991. The summed E-state index contributed by atoms with van der Waals surface area (Å²) in [7, 11) is 0. The fourth-order valence-electron chi connectivity index (χ4n) is 1.30. The molecule has 0 aliphatic carbocycles. The molecule has 5 heteroatoms. The maximum absolute atomic E-state index is 13.4. The molecular weight excluding hydrogens is 225 g/mol. The van der Waals surface area contributed by atoms with Crippen LogP contribution in [-0.4, -0.2) is 18.7 Å². The minimum atomic E-state index is -0.537. The van der Waals surface area contributed by atoms with E-state index < -0.39 is 11.8 Å². The Hall–Kier alpha value is -1.62. The Kier molecular flexibility index (Phi) is 4.90. The first-order chi connectivity index (χ1) is 8.04. The van der Waals surface area contributed by atoms with E-state index in [-0.39, 0.29) is 25.0 Å². The molecular formula is C12H16FNO3. The van der Waals surface area contributed by atoms with Crippen LogP contribution in [0.15, 0.2) is 18.2 Å². The van der Waals surface area contributed by atoms with Crippen molar-refractivity contribution < 1.29 is 18.7 Å². The molecule has 2 N–H and O–H groups in total. The monoisotopic (exact) mass is 241 g/mol. The van der Waals surface area contributed by atoms with E-state index in [2.05, 4.69) is 0 Å². The van der Waals surface area contributed by atoms with Crippen LogP contribution >= 0.6 is 0 Å². The molecule has 94 valence electrons. The summed E-state index contributed by atoms with van der Waals surface area (Å²) in [6.07, 6.45) is -0.222. The number of benzene rings is 1. The highest BCUT2D eigenvalue weighted by atomic mass is 19.1. The number of carbonyl (C=O) groups is 1. The summed E-state index contributed by atoms with van der Waals surface area (Å²) in [5.41, 5.74) is 5.96. The molecule has 0 radical (unpaired) electrons. The first-order valence-electron chi connectivity index (χ1n) is 5.34. The van der Waals surface area contributed by atoms with E-state index in [0.717, 1.165) is 0 Å². The van der Waals surface area contributed by atoms with Gasteiger partial charge in [0, 0.05) is 12.1 Å². The predicted octanol–water partition coefficient (Wildman–Crippen LogP) is 1.61. The summed E-state index contributed by atoms with van der Waals surface area (Å²) in [6.45, 7) is 3.27. The molecule has 0 bridgehead atoms. The molecule has 0 atom stereocenters. The lowest BCUT2D eigenvalue weighted by Gasteiger charge is -2.12. The van der Waals surface area contributed by atoms with Crippen LogP contribution in [0.4, 0.5) is 4.39 Å². The van der Waals surface area contributed by atoms with Gasteiger partial charge in [0.05, 0.1) is 6.10 Å². The van der Waals surface area contributed by atoms with E-state index in [0.29, 0.717) is 5.56 Å². The lowest BCUT2D eigenvalue weighted by molar-refractivity contribution is -0.149. The van der Waals surface area contributed by atoms with Gasteiger partial charge in [-0.25, -0.2) is 9.18 Å². The number of hydrogen-bond acceptors (Lipinski definition) is 4. The summed E-state index contributed by atoms with van der Waals surface area (Å²) in [5, 5.41) is 0. The van der Waals surface area contributed by atoms with E-state index in [1.165, 1.54) is 12.1 Å². The standard InChI is InChI=1S/C12H16FNO3/c1-8(2)17-11(15)7-16-12-9(6-14)4-3-5-10(12)13/h3-5,8H,6-7,14H2,1-2H3. The van der Waals surface area contributed by atoms with Crippen LogP contribution in [0.2, 0.25) is 0 Å². The molecule has 0 aromatic heterocycles. The molecule has 0 heterocycles. The summed E-state index contributed by atoms with van der Waals surface area (Å²) in [6, 6.07) is 4.44. The number of nitrogens with two attached hydrogens (primary N) is 1.